The van der Waals surface area contributed by atoms with Gasteiger partial charge < -0.3 is 20.1 Å². The highest BCUT2D eigenvalue weighted by atomic mass is 16.5. The number of ether oxygens (including phenoxy) is 1. The molecule has 0 spiro atoms. The van der Waals surface area contributed by atoms with Crippen molar-refractivity contribution in [2.45, 2.75) is 89.1 Å². The largest absolute Gasteiger partial charge is 0.463 e. The Labute approximate surface area is 227 Å². The van der Waals surface area contributed by atoms with Crippen LogP contribution < -0.4 is 5.32 Å². The predicted octanol–water partition coefficient (Wildman–Crippen LogP) is 4.18. The Hall–Kier alpha value is -2.67. The number of esters is 1. The molecule has 38 heavy (non-hydrogen) atoms. The summed E-state index contributed by atoms with van der Waals surface area (Å²) < 4.78 is 5.84. The van der Waals surface area contributed by atoms with E-state index in [-0.39, 0.29) is 55.4 Å². The molecule has 7 heteroatoms. The number of allylic oxidation sites excluding steroid dienone is 2. The normalized spacial score (nSPS) is 27.8. The average Bonchev–Trinajstić information content (AvgIpc) is 3.42. The van der Waals surface area contributed by atoms with E-state index in [9.17, 15) is 19.5 Å². The number of amides is 2. The first kappa shape index (κ1) is 28.3. The van der Waals surface area contributed by atoms with Crippen LogP contribution in [-0.2, 0) is 25.5 Å². The van der Waals surface area contributed by atoms with Gasteiger partial charge in [-0.3, -0.25) is 14.4 Å². The van der Waals surface area contributed by atoms with Crippen molar-refractivity contribution < 1.29 is 24.2 Å². The van der Waals surface area contributed by atoms with Crippen molar-refractivity contribution in [2.75, 3.05) is 19.8 Å². The van der Waals surface area contributed by atoms with Crippen molar-refractivity contribution in [2.24, 2.45) is 17.8 Å². The lowest BCUT2D eigenvalue weighted by atomic mass is 9.84. The van der Waals surface area contributed by atoms with E-state index in [1.807, 2.05) is 42.5 Å². The van der Waals surface area contributed by atoms with E-state index in [2.05, 4.69) is 5.32 Å². The predicted molar refractivity (Wildman–Crippen MR) is 146 cm³/mol. The molecule has 2 aliphatic heterocycles. The van der Waals surface area contributed by atoms with Crippen LogP contribution in [0.3, 0.4) is 0 Å². The SMILES string of the molecule is O=C1N[C@@H](CC2CCCCC2)COC(=O)[C@@H](Cc2ccccc2)CC=CC[C@@H]1CC(=O)N1CCC[C@H]1CO. The second-order valence-electron chi connectivity index (χ2n) is 11.4. The molecule has 0 radical (unpaired) electrons. The highest BCUT2D eigenvalue weighted by molar-refractivity contribution is 5.86. The van der Waals surface area contributed by atoms with Gasteiger partial charge in [-0.25, -0.2) is 0 Å². The summed E-state index contributed by atoms with van der Waals surface area (Å²) in [5.41, 5.74) is 1.09. The van der Waals surface area contributed by atoms with Crippen LogP contribution >= 0.6 is 0 Å². The topological polar surface area (TPSA) is 95.9 Å². The first-order valence-electron chi connectivity index (χ1n) is 14.6. The maximum atomic E-state index is 13.5. The van der Waals surface area contributed by atoms with Crippen LogP contribution in [0.2, 0.25) is 0 Å². The zero-order valence-electron chi connectivity index (χ0n) is 22.6. The van der Waals surface area contributed by atoms with E-state index in [1.54, 1.807) is 4.90 Å². The maximum absolute atomic E-state index is 13.5. The van der Waals surface area contributed by atoms with E-state index in [0.29, 0.717) is 31.7 Å². The fraction of sp³-hybridized carbons (Fsp3) is 0.645. The molecule has 1 aromatic rings. The Morgan fingerprint density at radius 1 is 0.974 bits per heavy atom. The molecule has 1 aromatic carbocycles. The number of rotatable bonds is 7. The fourth-order valence-electron chi connectivity index (χ4n) is 6.26. The first-order valence-corrected chi connectivity index (χ1v) is 14.6. The lowest BCUT2D eigenvalue weighted by Crippen LogP contribution is -2.45. The molecule has 2 fully saturated rings. The summed E-state index contributed by atoms with van der Waals surface area (Å²) in [6.45, 7) is 0.755. The molecule has 2 N–H and O–H groups in total. The second-order valence-corrected chi connectivity index (χ2v) is 11.4. The number of carbonyl (C=O) groups excluding carboxylic acids is 3. The lowest BCUT2D eigenvalue weighted by Gasteiger charge is -2.29. The number of benzene rings is 1. The Kier molecular flexibility index (Phi) is 10.8. The van der Waals surface area contributed by atoms with Gasteiger partial charge in [0.25, 0.3) is 0 Å². The van der Waals surface area contributed by atoms with Crippen molar-refractivity contribution in [1.29, 1.82) is 0 Å². The van der Waals surface area contributed by atoms with Crippen molar-refractivity contribution in [3.63, 3.8) is 0 Å². The molecule has 2 amide bonds. The number of aliphatic hydroxyl groups is 1. The molecule has 1 saturated heterocycles. The van der Waals surface area contributed by atoms with Crippen LogP contribution in [0.15, 0.2) is 42.5 Å². The zero-order valence-corrected chi connectivity index (χ0v) is 22.6. The van der Waals surface area contributed by atoms with Gasteiger partial charge in [-0.05, 0) is 50.0 Å². The molecular weight excluding hydrogens is 480 g/mol. The summed E-state index contributed by atoms with van der Waals surface area (Å²) in [5.74, 6) is -0.724. The number of aliphatic hydroxyl groups excluding tert-OH is 1. The summed E-state index contributed by atoms with van der Waals surface area (Å²) in [4.78, 5) is 41.5. The number of hydrogen-bond donors (Lipinski definition) is 2. The second kappa shape index (κ2) is 14.5. The van der Waals surface area contributed by atoms with E-state index in [4.69, 9.17) is 4.74 Å². The smallest absolute Gasteiger partial charge is 0.309 e. The molecule has 3 aliphatic rings. The molecule has 208 valence electrons. The van der Waals surface area contributed by atoms with Crippen molar-refractivity contribution in [1.82, 2.24) is 10.2 Å². The Bertz CT molecular complexity index is 943. The Morgan fingerprint density at radius 3 is 2.45 bits per heavy atom. The van der Waals surface area contributed by atoms with Crippen LogP contribution in [0, 0.1) is 17.8 Å². The van der Waals surface area contributed by atoms with Crippen molar-refractivity contribution in [3.8, 4) is 0 Å². The third-order valence-electron chi connectivity index (χ3n) is 8.48. The minimum absolute atomic E-state index is 0.0415. The van der Waals surface area contributed by atoms with E-state index < -0.39 is 5.92 Å². The summed E-state index contributed by atoms with van der Waals surface area (Å²) >= 11 is 0. The molecule has 2 heterocycles. The van der Waals surface area contributed by atoms with Crippen LogP contribution in [0.1, 0.15) is 76.2 Å². The van der Waals surface area contributed by atoms with E-state index >= 15 is 0 Å². The molecular formula is C31H44N2O5. The summed E-state index contributed by atoms with van der Waals surface area (Å²) in [7, 11) is 0. The Balaban J connectivity index is 1.49. The van der Waals surface area contributed by atoms with E-state index in [1.165, 1.54) is 19.3 Å². The molecule has 0 aromatic heterocycles. The average molecular weight is 525 g/mol. The van der Waals surface area contributed by atoms with Gasteiger partial charge in [-0.1, -0.05) is 74.6 Å². The van der Waals surface area contributed by atoms with Gasteiger partial charge in [-0.15, -0.1) is 0 Å². The minimum atomic E-state index is -0.491. The van der Waals surface area contributed by atoms with Gasteiger partial charge in [0.05, 0.1) is 30.5 Å². The van der Waals surface area contributed by atoms with Crippen LogP contribution in [0.4, 0.5) is 0 Å². The standard InChI is InChI=1S/C31H44N2O5/c34-21-28-16-9-17-33(28)29(35)20-25-14-7-8-15-26(18-23-10-3-1-4-11-23)31(37)38-22-27(32-30(25)36)19-24-12-5-2-6-13-24/h1,3-4,7-8,10-11,24-28,34H,2,5-6,9,12-22H2,(H,32,36)/t25-,26-,27+,28+/m1/s1. The molecule has 1 saturated carbocycles. The third kappa shape index (κ3) is 8.16. The van der Waals surface area contributed by atoms with Gasteiger partial charge in [0, 0.05) is 13.0 Å². The molecule has 4 rings (SSSR count). The Morgan fingerprint density at radius 2 is 1.71 bits per heavy atom. The molecule has 7 nitrogen and oxygen atoms in total. The number of nitrogens with zero attached hydrogens (tertiary/aromatic N) is 1. The van der Waals surface area contributed by atoms with Crippen molar-refractivity contribution in [3.05, 3.63) is 48.0 Å². The molecule has 0 unspecified atom stereocenters. The number of hydrogen-bond acceptors (Lipinski definition) is 5. The van der Waals surface area contributed by atoms with Crippen LogP contribution in [-0.4, -0.2) is 59.6 Å². The van der Waals surface area contributed by atoms with Crippen molar-refractivity contribution >= 4 is 17.8 Å². The monoisotopic (exact) mass is 524 g/mol. The summed E-state index contributed by atoms with van der Waals surface area (Å²) in [6.07, 6.45) is 14.0. The van der Waals surface area contributed by atoms with Gasteiger partial charge in [0.1, 0.15) is 6.61 Å². The van der Waals surface area contributed by atoms with Gasteiger partial charge in [0.15, 0.2) is 0 Å². The van der Waals surface area contributed by atoms with Crippen LogP contribution in [0.25, 0.3) is 0 Å². The lowest BCUT2D eigenvalue weighted by molar-refractivity contribution is -0.150. The molecule has 0 bridgehead atoms. The summed E-state index contributed by atoms with van der Waals surface area (Å²) in [5, 5.41) is 12.8. The van der Waals surface area contributed by atoms with Gasteiger partial charge in [-0.2, -0.15) is 0 Å². The highest BCUT2D eigenvalue weighted by Gasteiger charge is 2.33. The zero-order chi connectivity index (χ0) is 26.7. The quantitative estimate of drug-likeness (QED) is 0.412. The molecule has 4 atom stereocenters. The number of nitrogens with one attached hydrogen (secondary N) is 1. The first-order chi connectivity index (χ1) is 18.5. The number of cyclic esters (lactones) is 1. The third-order valence-corrected chi connectivity index (χ3v) is 8.48. The fourth-order valence-corrected chi connectivity index (χ4v) is 6.26. The van der Waals surface area contributed by atoms with Gasteiger partial charge in [0.2, 0.25) is 11.8 Å². The summed E-state index contributed by atoms with van der Waals surface area (Å²) in [6, 6.07) is 9.57. The van der Waals surface area contributed by atoms with Gasteiger partial charge >= 0.3 is 5.97 Å². The molecule has 1 aliphatic carbocycles. The minimum Gasteiger partial charge on any atom is -0.463 e. The number of carbonyl (C=O) groups is 3. The van der Waals surface area contributed by atoms with E-state index in [0.717, 1.165) is 37.7 Å². The highest BCUT2D eigenvalue weighted by Crippen LogP contribution is 2.28. The number of likely N-dealkylation sites (tertiary alicyclic amines) is 1. The van der Waals surface area contributed by atoms with Crippen LogP contribution in [0.5, 0.6) is 0 Å². The maximum Gasteiger partial charge on any atom is 0.309 e.